The molecule has 112 valence electrons. The van der Waals surface area contributed by atoms with Crippen LogP contribution in [0.5, 0.6) is 6.01 Å². The molecule has 0 aliphatic rings. The summed E-state index contributed by atoms with van der Waals surface area (Å²) in [5, 5.41) is 0.758. The molecule has 1 N–H and O–H groups in total. The number of aromatic nitrogens is 5. The molecule has 21 heavy (non-hydrogen) atoms. The Morgan fingerprint density at radius 1 is 1.29 bits per heavy atom. The third kappa shape index (κ3) is 4.68. The van der Waals surface area contributed by atoms with Crippen LogP contribution in [-0.2, 0) is 6.42 Å². The van der Waals surface area contributed by atoms with Gasteiger partial charge in [-0.1, -0.05) is 13.3 Å². The maximum atomic E-state index is 11.6. The zero-order valence-electron chi connectivity index (χ0n) is 11.6. The number of rotatable bonds is 6. The Balaban J connectivity index is 2.27. The molecule has 0 bridgehead atoms. The van der Waals surface area contributed by atoms with E-state index in [-0.39, 0.29) is 16.9 Å². The van der Waals surface area contributed by atoms with Crippen LogP contribution < -0.4 is 10.3 Å². The molecular weight excluding hydrogens is 314 g/mol. The molecule has 0 spiro atoms. The molecule has 0 saturated heterocycles. The SMILES string of the molecule is CCCc1cc(=O)[nH]c(Sc2nc(Cl)nc(OCC)n2)n1. The maximum Gasteiger partial charge on any atom is 0.321 e. The molecular formula is C12H14ClN5O2S. The number of nitrogens with one attached hydrogen (secondary N) is 1. The van der Waals surface area contributed by atoms with Crippen molar-refractivity contribution in [1.82, 2.24) is 24.9 Å². The highest BCUT2D eigenvalue weighted by Gasteiger charge is 2.10. The van der Waals surface area contributed by atoms with E-state index >= 15 is 0 Å². The first kappa shape index (κ1) is 15.7. The lowest BCUT2D eigenvalue weighted by molar-refractivity contribution is 0.307. The summed E-state index contributed by atoms with van der Waals surface area (Å²) in [6.45, 7) is 4.26. The van der Waals surface area contributed by atoms with Gasteiger partial charge in [0.05, 0.1) is 6.61 Å². The van der Waals surface area contributed by atoms with Crippen LogP contribution >= 0.6 is 23.4 Å². The van der Waals surface area contributed by atoms with Crippen molar-refractivity contribution in [2.45, 2.75) is 37.0 Å². The second-order valence-corrected chi connectivity index (χ2v) is 5.29. The maximum absolute atomic E-state index is 11.6. The zero-order valence-corrected chi connectivity index (χ0v) is 13.2. The summed E-state index contributed by atoms with van der Waals surface area (Å²) in [6.07, 6.45) is 1.65. The molecule has 2 aromatic heterocycles. The molecule has 0 saturated carbocycles. The molecule has 9 heteroatoms. The molecule has 7 nitrogen and oxygen atoms in total. The third-order valence-electron chi connectivity index (χ3n) is 2.31. The number of aryl methyl sites for hydroxylation is 1. The molecule has 0 aliphatic carbocycles. The predicted molar refractivity (Wildman–Crippen MR) is 79.0 cm³/mol. The Labute approximate surface area is 130 Å². The van der Waals surface area contributed by atoms with Gasteiger partial charge in [0.15, 0.2) is 5.16 Å². The minimum Gasteiger partial charge on any atom is -0.464 e. The number of hydrogen-bond acceptors (Lipinski definition) is 7. The van der Waals surface area contributed by atoms with Gasteiger partial charge in [0, 0.05) is 11.8 Å². The van der Waals surface area contributed by atoms with Crippen LogP contribution in [-0.4, -0.2) is 31.5 Å². The van der Waals surface area contributed by atoms with Crippen LogP contribution in [0.3, 0.4) is 0 Å². The van der Waals surface area contributed by atoms with Gasteiger partial charge in [0.25, 0.3) is 5.56 Å². The van der Waals surface area contributed by atoms with Gasteiger partial charge in [-0.15, -0.1) is 0 Å². The second kappa shape index (κ2) is 7.37. The van der Waals surface area contributed by atoms with Gasteiger partial charge in [-0.05, 0) is 36.7 Å². The fourth-order valence-corrected chi connectivity index (χ4v) is 2.50. The number of H-pyrrole nitrogens is 1. The topological polar surface area (TPSA) is 93.7 Å². The standard InChI is InChI=1S/C12H14ClN5O2S/c1-3-5-7-6-8(19)15-11(14-7)21-12-17-9(13)16-10(18-12)20-4-2/h6H,3-5H2,1-2H3,(H,14,15,19). The first-order valence-corrected chi connectivity index (χ1v) is 7.62. The second-order valence-electron chi connectivity index (χ2n) is 4.00. The highest BCUT2D eigenvalue weighted by Crippen LogP contribution is 2.22. The average Bonchev–Trinajstić information content (AvgIpc) is 2.37. The summed E-state index contributed by atoms with van der Waals surface area (Å²) in [5.74, 6) is 0. The fraction of sp³-hybridized carbons (Fsp3) is 0.417. The Bertz CT molecular complexity index is 679. The molecule has 0 fully saturated rings. The van der Waals surface area contributed by atoms with Crippen molar-refractivity contribution >= 4 is 23.4 Å². The van der Waals surface area contributed by atoms with E-state index in [4.69, 9.17) is 16.3 Å². The molecule has 0 amide bonds. The minimum atomic E-state index is -0.207. The summed E-state index contributed by atoms with van der Waals surface area (Å²) in [5.41, 5.74) is 0.523. The molecule has 2 aromatic rings. The van der Waals surface area contributed by atoms with Gasteiger partial charge in [-0.25, -0.2) is 4.98 Å². The Morgan fingerprint density at radius 2 is 2.10 bits per heavy atom. The Morgan fingerprint density at radius 3 is 2.81 bits per heavy atom. The van der Waals surface area contributed by atoms with Gasteiger partial charge >= 0.3 is 6.01 Å². The molecule has 2 heterocycles. The molecule has 0 unspecified atom stereocenters. The predicted octanol–water partition coefficient (Wildman–Crippen LogP) is 2.11. The quantitative estimate of drug-likeness (QED) is 0.812. The summed E-state index contributed by atoms with van der Waals surface area (Å²) in [4.78, 5) is 30.5. The lowest BCUT2D eigenvalue weighted by atomic mass is 10.2. The van der Waals surface area contributed by atoms with E-state index < -0.39 is 0 Å². The smallest absolute Gasteiger partial charge is 0.321 e. The number of halogens is 1. The van der Waals surface area contributed by atoms with E-state index in [1.807, 2.05) is 13.8 Å². The first-order valence-electron chi connectivity index (χ1n) is 6.43. The van der Waals surface area contributed by atoms with E-state index in [1.165, 1.54) is 6.07 Å². The van der Waals surface area contributed by atoms with Crippen molar-refractivity contribution in [3.63, 3.8) is 0 Å². The van der Waals surface area contributed by atoms with Crippen molar-refractivity contribution < 1.29 is 4.74 Å². The first-order chi connectivity index (χ1) is 10.1. The van der Waals surface area contributed by atoms with E-state index in [1.54, 1.807) is 0 Å². The average molecular weight is 328 g/mol. The summed E-state index contributed by atoms with van der Waals surface area (Å²) >= 11 is 6.92. The molecule has 0 aromatic carbocycles. The van der Waals surface area contributed by atoms with Crippen LogP contribution in [0.25, 0.3) is 0 Å². The van der Waals surface area contributed by atoms with Crippen LogP contribution in [0.1, 0.15) is 26.0 Å². The van der Waals surface area contributed by atoms with E-state index in [2.05, 4.69) is 24.9 Å². The van der Waals surface area contributed by atoms with E-state index in [9.17, 15) is 4.79 Å². The fourth-order valence-electron chi connectivity index (χ4n) is 1.56. The monoisotopic (exact) mass is 327 g/mol. The van der Waals surface area contributed by atoms with Crippen LogP contribution in [0.2, 0.25) is 5.28 Å². The van der Waals surface area contributed by atoms with Crippen LogP contribution in [0, 0.1) is 0 Å². The molecule has 2 rings (SSSR count). The number of aromatic amines is 1. The van der Waals surface area contributed by atoms with Crippen LogP contribution in [0.15, 0.2) is 21.2 Å². The van der Waals surface area contributed by atoms with Gasteiger partial charge in [-0.2, -0.15) is 15.0 Å². The van der Waals surface area contributed by atoms with E-state index in [0.717, 1.165) is 30.3 Å². The Kier molecular flexibility index (Phi) is 5.51. The number of ether oxygens (including phenoxy) is 1. The lowest BCUT2D eigenvalue weighted by Gasteiger charge is -2.04. The van der Waals surface area contributed by atoms with Crippen molar-refractivity contribution in [3.8, 4) is 6.01 Å². The summed E-state index contributed by atoms with van der Waals surface area (Å²) < 4.78 is 5.20. The molecule has 0 radical (unpaired) electrons. The Hall–Kier alpha value is -1.67. The molecule has 0 aliphatic heterocycles. The largest absolute Gasteiger partial charge is 0.464 e. The summed E-state index contributed by atoms with van der Waals surface area (Å²) in [7, 11) is 0. The van der Waals surface area contributed by atoms with Crippen molar-refractivity contribution in [2.24, 2.45) is 0 Å². The highest BCUT2D eigenvalue weighted by molar-refractivity contribution is 7.99. The van der Waals surface area contributed by atoms with Crippen molar-refractivity contribution in [3.05, 3.63) is 27.4 Å². The van der Waals surface area contributed by atoms with Crippen molar-refractivity contribution in [2.75, 3.05) is 6.61 Å². The molecule has 0 atom stereocenters. The van der Waals surface area contributed by atoms with Crippen LogP contribution in [0.4, 0.5) is 0 Å². The van der Waals surface area contributed by atoms with Gasteiger partial charge < -0.3 is 9.72 Å². The third-order valence-corrected chi connectivity index (χ3v) is 3.23. The zero-order chi connectivity index (χ0) is 15.2. The summed E-state index contributed by atoms with van der Waals surface area (Å²) in [6, 6.07) is 1.63. The van der Waals surface area contributed by atoms with Crippen molar-refractivity contribution in [1.29, 1.82) is 0 Å². The van der Waals surface area contributed by atoms with Gasteiger partial charge in [-0.3, -0.25) is 4.79 Å². The number of hydrogen-bond donors (Lipinski definition) is 1. The normalized spacial score (nSPS) is 10.6. The number of nitrogens with zero attached hydrogens (tertiary/aromatic N) is 4. The minimum absolute atomic E-state index is 0.0306. The highest BCUT2D eigenvalue weighted by atomic mass is 35.5. The van der Waals surface area contributed by atoms with Gasteiger partial charge in [0.1, 0.15) is 0 Å². The van der Waals surface area contributed by atoms with E-state index in [0.29, 0.717) is 16.9 Å². The lowest BCUT2D eigenvalue weighted by Crippen LogP contribution is -2.10. The van der Waals surface area contributed by atoms with Gasteiger partial charge in [0.2, 0.25) is 10.4 Å².